The van der Waals surface area contributed by atoms with Crippen molar-refractivity contribution in [3.8, 4) is 5.75 Å². The second kappa shape index (κ2) is 7.57. The lowest BCUT2D eigenvalue weighted by Crippen LogP contribution is -2.29. The molecule has 0 unspecified atom stereocenters. The van der Waals surface area contributed by atoms with Gasteiger partial charge >= 0.3 is 12.1 Å². The Morgan fingerprint density at radius 1 is 1.24 bits per heavy atom. The van der Waals surface area contributed by atoms with E-state index in [0.717, 1.165) is 17.0 Å². The van der Waals surface area contributed by atoms with Gasteiger partial charge in [-0.05, 0) is 35.9 Å². The van der Waals surface area contributed by atoms with Gasteiger partial charge in [0.05, 0.1) is 7.11 Å². The van der Waals surface area contributed by atoms with E-state index in [1.165, 1.54) is 0 Å². The summed E-state index contributed by atoms with van der Waals surface area (Å²) in [6, 6.07) is 14.3. The molecule has 25 heavy (non-hydrogen) atoms. The van der Waals surface area contributed by atoms with Gasteiger partial charge in [0.25, 0.3) is 0 Å². The quantitative estimate of drug-likeness (QED) is 0.782. The number of rotatable bonds is 5. The van der Waals surface area contributed by atoms with Crippen LogP contribution in [0.2, 0.25) is 0 Å². The lowest BCUT2D eigenvalue weighted by molar-refractivity contribution is 0.251. The molecule has 1 fully saturated rings. The van der Waals surface area contributed by atoms with E-state index in [0.29, 0.717) is 25.3 Å². The van der Waals surface area contributed by atoms with Crippen LogP contribution in [0, 0.1) is 0 Å². The van der Waals surface area contributed by atoms with E-state index in [9.17, 15) is 9.59 Å². The molecular weight excluding hydrogens is 320 g/mol. The summed E-state index contributed by atoms with van der Waals surface area (Å²) >= 11 is 0. The smallest absolute Gasteiger partial charge is 0.321 e. The maximum absolute atomic E-state index is 12.1. The Labute approximate surface area is 146 Å². The topological polar surface area (TPSA) is 82.7 Å². The SMILES string of the molecule is COc1ccc(CNC(=O)Nc2cccc(N3CCNC3=O)c2)cc1. The van der Waals surface area contributed by atoms with Gasteiger partial charge in [-0.25, -0.2) is 9.59 Å². The van der Waals surface area contributed by atoms with Gasteiger partial charge in [-0.3, -0.25) is 4.90 Å². The first-order valence-electron chi connectivity index (χ1n) is 7.99. The van der Waals surface area contributed by atoms with Crippen LogP contribution in [-0.2, 0) is 6.54 Å². The summed E-state index contributed by atoms with van der Waals surface area (Å²) in [5.41, 5.74) is 2.35. The summed E-state index contributed by atoms with van der Waals surface area (Å²) in [5.74, 6) is 0.774. The first-order chi connectivity index (χ1) is 12.2. The van der Waals surface area contributed by atoms with Crippen molar-refractivity contribution in [3.63, 3.8) is 0 Å². The summed E-state index contributed by atoms with van der Waals surface area (Å²) in [5, 5.41) is 8.33. The van der Waals surface area contributed by atoms with Crippen LogP contribution < -0.4 is 25.6 Å². The van der Waals surface area contributed by atoms with E-state index >= 15 is 0 Å². The first-order valence-corrected chi connectivity index (χ1v) is 7.99. The number of urea groups is 2. The van der Waals surface area contributed by atoms with E-state index in [-0.39, 0.29) is 12.1 Å². The number of nitrogens with one attached hydrogen (secondary N) is 3. The molecule has 2 aromatic rings. The van der Waals surface area contributed by atoms with Crippen molar-refractivity contribution in [2.45, 2.75) is 6.54 Å². The summed E-state index contributed by atoms with van der Waals surface area (Å²) in [6.07, 6.45) is 0. The number of anilines is 2. The number of carbonyl (C=O) groups excluding carboxylic acids is 2. The van der Waals surface area contributed by atoms with Crippen molar-refractivity contribution in [1.82, 2.24) is 10.6 Å². The number of ether oxygens (including phenoxy) is 1. The van der Waals surface area contributed by atoms with Crippen LogP contribution in [0.1, 0.15) is 5.56 Å². The molecule has 7 nitrogen and oxygen atoms in total. The Balaban J connectivity index is 1.56. The average molecular weight is 340 g/mol. The number of carbonyl (C=O) groups is 2. The number of hydrogen-bond donors (Lipinski definition) is 3. The van der Waals surface area contributed by atoms with Crippen LogP contribution in [-0.4, -0.2) is 32.3 Å². The molecule has 2 aromatic carbocycles. The lowest BCUT2D eigenvalue weighted by Gasteiger charge is -2.15. The fraction of sp³-hybridized carbons (Fsp3) is 0.222. The molecule has 3 rings (SSSR count). The molecule has 0 saturated carbocycles. The van der Waals surface area contributed by atoms with Gasteiger partial charge in [0.1, 0.15) is 5.75 Å². The molecule has 1 heterocycles. The summed E-state index contributed by atoms with van der Waals surface area (Å²) in [4.78, 5) is 25.4. The molecule has 0 atom stereocenters. The molecule has 0 aliphatic carbocycles. The maximum Gasteiger partial charge on any atom is 0.321 e. The molecule has 0 aromatic heterocycles. The van der Waals surface area contributed by atoms with E-state index in [2.05, 4.69) is 16.0 Å². The molecule has 0 bridgehead atoms. The number of benzene rings is 2. The highest BCUT2D eigenvalue weighted by Crippen LogP contribution is 2.21. The Kier molecular flexibility index (Phi) is 5.03. The van der Waals surface area contributed by atoms with Gasteiger partial charge in [0.2, 0.25) is 0 Å². The van der Waals surface area contributed by atoms with Crippen molar-refractivity contribution >= 4 is 23.4 Å². The van der Waals surface area contributed by atoms with Gasteiger partial charge in [0.15, 0.2) is 0 Å². The van der Waals surface area contributed by atoms with Crippen LogP contribution in [0.3, 0.4) is 0 Å². The number of hydrogen-bond acceptors (Lipinski definition) is 3. The van der Waals surface area contributed by atoms with Crippen molar-refractivity contribution in [2.75, 3.05) is 30.4 Å². The second-order valence-electron chi connectivity index (χ2n) is 5.59. The Morgan fingerprint density at radius 2 is 2.04 bits per heavy atom. The molecular formula is C18H20N4O3. The van der Waals surface area contributed by atoms with E-state index in [1.54, 1.807) is 30.2 Å². The second-order valence-corrected chi connectivity index (χ2v) is 5.59. The zero-order chi connectivity index (χ0) is 17.6. The zero-order valence-corrected chi connectivity index (χ0v) is 13.9. The monoisotopic (exact) mass is 340 g/mol. The molecule has 130 valence electrons. The predicted molar refractivity (Wildman–Crippen MR) is 96.0 cm³/mol. The summed E-state index contributed by atoms with van der Waals surface area (Å²) in [7, 11) is 1.61. The van der Waals surface area contributed by atoms with Crippen molar-refractivity contribution < 1.29 is 14.3 Å². The van der Waals surface area contributed by atoms with Crippen LogP contribution in [0.5, 0.6) is 5.75 Å². The molecule has 1 saturated heterocycles. The Bertz CT molecular complexity index is 761. The van der Waals surface area contributed by atoms with E-state index < -0.39 is 0 Å². The number of amides is 4. The molecule has 0 spiro atoms. The third-order valence-corrected chi connectivity index (χ3v) is 3.88. The van der Waals surface area contributed by atoms with Gasteiger partial charge in [-0.15, -0.1) is 0 Å². The maximum atomic E-state index is 12.1. The van der Waals surface area contributed by atoms with Crippen molar-refractivity contribution in [3.05, 3.63) is 54.1 Å². The third-order valence-electron chi connectivity index (χ3n) is 3.88. The van der Waals surface area contributed by atoms with Crippen LogP contribution in [0.4, 0.5) is 21.0 Å². The minimum atomic E-state index is -0.307. The molecule has 4 amide bonds. The van der Waals surface area contributed by atoms with E-state index in [4.69, 9.17) is 4.74 Å². The number of methoxy groups -OCH3 is 1. The summed E-state index contributed by atoms with van der Waals surface area (Å²) < 4.78 is 5.10. The van der Waals surface area contributed by atoms with Gasteiger partial charge in [0, 0.05) is 31.0 Å². The molecule has 0 radical (unpaired) electrons. The zero-order valence-electron chi connectivity index (χ0n) is 13.9. The minimum absolute atomic E-state index is 0.124. The molecule has 3 N–H and O–H groups in total. The molecule has 1 aliphatic heterocycles. The van der Waals surface area contributed by atoms with Crippen LogP contribution in [0.15, 0.2) is 48.5 Å². The highest BCUT2D eigenvalue weighted by Gasteiger charge is 2.21. The predicted octanol–water partition coefficient (Wildman–Crippen LogP) is 2.55. The van der Waals surface area contributed by atoms with Crippen molar-refractivity contribution in [1.29, 1.82) is 0 Å². The molecule has 1 aliphatic rings. The van der Waals surface area contributed by atoms with Gasteiger partial charge in [-0.1, -0.05) is 18.2 Å². The van der Waals surface area contributed by atoms with Crippen LogP contribution in [0.25, 0.3) is 0 Å². The fourth-order valence-electron chi connectivity index (χ4n) is 2.57. The molecule has 7 heteroatoms. The van der Waals surface area contributed by atoms with Gasteiger partial charge < -0.3 is 20.7 Å². The number of nitrogens with zero attached hydrogens (tertiary/aromatic N) is 1. The van der Waals surface area contributed by atoms with Gasteiger partial charge in [-0.2, -0.15) is 0 Å². The highest BCUT2D eigenvalue weighted by atomic mass is 16.5. The summed E-state index contributed by atoms with van der Waals surface area (Å²) in [6.45, 7) is 1.65. The Hall–Kier alpha value is -3.22. The first kappa shape index (κ1) is 16.6. The van der Waals surface area contributed by atoms with Crippen molar-refractivity contribution in [2.24, 2.45) is 0 Å². The average Bonchev–Trinajstić information content (AvgIpc) is 3.06. The largest absolute Gasteiger partial charge is 0.497 e. The highest BCUT2D eigenvalue weighted by molar-refractivity contribution is 5.95. The third kappa shape index (κ3) is 4.20. The lowest BCUT2D eigenvalue weighted by atomic mass is 10.2. The normalized spacial score (nSPS) is 13.3. The minimum Gasteiger partial charge on any atom is -0.497 e. The van der Waals surface area contributed by atoms with E-state index in [1.807, 2.05) is 30.3 Å². The fourth-order valence-corrected chi connectivity index (χ4v) is 2.57. The van der Waals surface area contributed by atoms with Crippen LogP contribution >= 0.6 is 0 Å². The standard InChI is InChI=1S/C18H20N4O3/c1-25-16-7-5-13(6-8-16)12-20-17(23)21-14-3-2-4-15(11-14)22-10-9-19-18(22)24/h2-8,11H,9-10,12H2,1H3,(H,19,24)(H2,20,21,23). The Morgan fingerprint density at radius 3 is 2.72 bits per heavy atom.